The van der Waals surface area contributed by atoms with E-state index in [1.54, 1.807) is 0 Å². The van der Waals surface area contributed by atoms with Crippen LogP contribution >= 0.6 is 0 Å². The average Bonchev–Trinajstić information content (AvgIpc) is 2.31. The Balaban J connectivity index is 2.98. The zero-order valence-corrected chi connectivity index (χ0v) is 12.0. The van der Waals surface area contributed by atoms with E-state index in [-0.39, 0.29) is 17.4 Å². The number of nitrogens with one attached hydrogen (secondary N) is 1. The first-order valence-electron chi connectivity index (χ1n) is 6.40. The summed E-state index contributed by atoms with van der Waals surface area (Å²) in [6, 6.07) is 5.90. The van der Waals surface area contributed by atoms with Crippen LogP contribution in [0.3, 0.4) is 0 Å². The van der Waals surface area contributed by atoms with Crippen molar-refractivity contribution in [2.45, 2.75) is 40.2 Å². The summed E-state index contributed by atoms with van der Waals surface area (Å²) in [7, 11) is 0. The Kier molecular flexibility index (Phi) is 4.52. The topological polar surface area (TPSA) is 55.1 Å². The highest BCUT2D eigenvalue weighted by atomic mass is 16.1. The number of aryl methyl sites for hydroxylation is 2. The smallest absolute Gasteiger partial charge is 0.252 e. The number of rotatable bonds is 4. The van der Waals surface area contributed by atoms with Crippen molar-refractivity contribution in [3.8, 4) is 0 Å². The molecule has 1 amide bonds. The van der Waals surface area contributed by atoms with Gasteiger partial charge in [0.15, 0.2) is 0 Å². The molecule has 0 saturated carbocycles. The number of hydrogen-bond donors (Lipinski definition) is 2. The van der Waals surface area contributed by atoms with Gasteiger partial charge in [-0.2, -0.15) is 0 Å². The molecule has 3 heteroatoms. The third kappa shape index (κ3) is 3.10. The summed E-state index contributed by atoms with van der Waals surface area (Å²) in [5.74, 6) is 0.245. The summed E-state index contributed by atoms with van der Waals surface area (Å²) in [4.78, 5) is 12.3. The summed E-state index contributed by atoms with van der Waals surface area (Å²) in [6.45, 7) is 10.5. The molecular formula is C15H24N2O. The Labute approximate surface area is 110 Å². The molecule has 0 bridgehead atoms. The van der Waals surface area contributed by atoms with E-state index in [0.29, 0.717) is 6.54 Å². The minimum absolute atomic E-state index is 0.0437. The van der Waals surface area contributed by atoms with Gasteiger partial charge in [0.25, 0.3) is 5.91 Å². The van der Waals surface area contributed by atoms with Crippen LogP contribution in [0.25, 0.3) is 0 Å². The van der Waals surface area contributed by atoms with Crippen LogP contribution in [0.5, 0.6) is 0 Å². The summed E-state index contributed by atoms with van der Waals surface area (Å²) >= 11 is 0. The van der Waals surface area contributed by atoms with Gasteiger partial charge >= 0.3 is 0 Å². The van der Waals surface area contributed by atoms with E-state index in [1.807, 2.05) is 39.0 Å². The van der Waals surface area contributed by atoms with Crippen LogP contribution in [0.15, 0.2) is 18.2 Å². The van der Waals surface area contributed by atoms with Gasteiger partial charge in [0.2, 0.25) is 0 Å². The normalized spacial score (nSPS) is 14.4. The molecule has 0 saturated heterocycles. The highest BCUT2D eigenvalue weighted by Gasteiger charge is 2.29. The van der Waals surface area contributed by atoms with Gasteiger partial charge in [-0.25, -0.2) is 0 Å². The molecule has 0 aliphatic heterocycles. The largest absolute Gasteiger partial charge is 0.345 e. The second-order valence-electron chi connectivity index (χ2n) is 5.55. The quantitative estimate of drug-likeness (QED) is 0.859. The SMILES string of the molecule is Cc1ccc(C)c(C(=O)NC(C)(CN)C(C)C)c1. The van der Waals surface area contributed by atoms with Crippen molar-refractivity contribution in [2.75, 3.05) is 6.54 Å². The first-order chi connectivity index (χ1) is 8.30. The second-order valence-corrected chi connectivity index (χ2v) is 5.55. The number of carbonyl (C=O) groups excluding carboxylic acids is 1. The van der Waals surface area contributed by atoms with Gasteiger partial charge in [0.05, 0.1) is 5.54 Å². The molecule has 3 nitrogen and oxygen atoms in total. The van der Waals surface area contributed by atoms with Gasteiger partial charge in [0, 0.05) is 12.1 Å². The summed E-state index contributed by atoms with van der Waals surface area (Å²) < 4.78 is 0. The van der Waals surface area contributed by atoms with Gasteiger partial charge in [-0.3, -0.25) is 4.79 Å². The lowest BCUT2D eigenvalue weighted by Gasteiger charge is -2.33. The molecule has 0 aromatic heterocycles. The lowest BCUT2D eigenvalue weighted by molar-refractivity contribution is 0.0882. The van der Waals surface area contributed by atoms with Crippen LogP contribution in [-0.2, 0) is 0 Å². The number of benzene rings is 1. The van der Waals surface area contributed by atoms with Gasteiger partial charge in [-0.1, -0.05) is 31.5 Å². The fraction of sp³-hybridized carbons (Fsp3) is 0.533. The van der Waals surface area contributed by atoms with Crippen LogP contribution in [-0.4, -0.2) is 18.0 Å². The van der Waals surface area contributed by atoms with Crippen LogP contribution in [0, 0.1) is 19.8 Å². The first-order valence-corrected chi connectivity index (χ1v) is 6.40. The van der Waals surface area contributed by atoms with E-state index >= 15 is 0 Å². The number of amides is 1. The Morgan fingerprint density at radius 1 is 1.39 bits per heavy atom. The molecule has 1 atom stereocenters. The zero-order valence-electron chi connectivity index (χ0n) is 12.0. The minimum atomic E-state index is -0.368. The van der Waals surface area contributed by atoms with Crippen LogP contribution < -0.4 is 11.1 Å². The van der Waals surface area contributed by atoms with E-state index in [9.17, 15) is 4.79 Å². The van der Waals surface area contributed by atoms with Gasteiger partial charge in [0.1, 0.15) is 0 Å². The molecule has 0 heterocycles. The number of hydrogen-bond acceptors (Lipinski definition) is 2. The molecular weight excluding hydrogens is 224 g/mol. The summed E-state index contributed by atoms with van der Waals surface area (Å²) in [5, 5.41) is 3.06. The molecule has 1 aromatic carbocycles. The molecule has 1 rings (SSSR count). The van der Waals surface area contributed by atoms with Crippen LogP contribution in [0.2, 0.25) is 0 Å². The van der Waals surface area contributed by atoms with Crippen molar-refractivity contribution < 1.29 is 4.79 Å². The standard InChI is InChI=1S/C15H24N2O/c1-10(2)15(5,9-16)17-14(18)13-8-11(3)6-7-12(13)4/h6-8,10H,9,16H2,1-5H3,(H,17,18). The first kappa shape index (κ1) is 14.7. The predicted molar refractivity (Wildman–Crippen MR) is 75.7 cm³/mol. The monoisotopic (exact) mass is 248 g/mol. The highest BCUT2D eigenvalue weighted by Crippen LogP contribution is 2.17. The molecule has 3 N–H and O–H groups in total. The fourth-order valence-corrected chi connectivity index (χ4v) is 1.74. The fourth-order valence-electron chi connectivity index (χ4n) is 1.74. The third-order valence-corrected chi connectivity index (χ3v) is 3.74. The molecule has 0 fully saturated rings. The molecule has 0 spiro atoms. The van der Waals surface area contributed by atoms with E-state index in [0.717, 1.165) is 16.7 Å². The van der Waals surface area contributed by atoms with Crippen LogP contribution in [0.1, 0.15) is 42.3 Å². The van der Waals surface area contributed by atoms with Crippen molar-refractivity contribution in [2.24, 2.45) is 11.7 Å². The summed E-state index contributed by atoms with van der Waals surface area (Å²) in [5.41, 5.74) is 8.23. The van der Waals surface area contributed by atoms with Gasteiger partial charge in [-0.05, 0) is 38.3 Å². The zero-order chi connectivity index (χ0) is 13.9. The molecule has 18 heavy (non-hydrogen) atoms. The van der Waals surface area contributed by atoms with Gasteiger partial charge in [-0.15, -0.1) is 0 Å². The van der Waals surface area contributed by atoms with Crippen molar-refractivity contribution >= 4 is 5.91 Å². The third-order valence-electron chi connectivity index (χ3n) is 3.74. The van der Waals surface area contributed by atoms with Crippen molar-refractivity contribution in [3.05, 3.63) is 34.9 Å². The van der Waals surface area contributed by atoms with Crippen LogP contribution in [0.4, 0.5) is 0 Å². The summed E-state index contributed by atoms with van der Waals surface area (Å²) in [6.07, 6.45) is 0. The molecule has 1 aromatic rings. The maximum Gasteiger partial charge on any atom is 0.252 e. The molecule has 1 unspecified atom stereocenters. The molecule has 0 aliphatic rings. The molecule has 0 aliphatic carbocycles. The highest BCUT2D eigenvalue weighted by molar-refractivity contribution is 5.96. The lowest BCUT2D eigenvalue weighted by atomic mass is 9.88. The molecule has 100 valence electrons. The van der Waals surface area contributed by atoms with Crippen molar-refractivity contribution in [1.82, 2.24) is 5.32 Å². The molecule has 0 radical (unpaired) electrons. The minimum Gasteiger partial charge on any atom is -0.345 e. The Morgan fingerprint density at radius 3 is 2.50 bits per heavy atom. The average molecular weight is 248 g/mol. The van der Waals surface area contributed by atoms with Crippen molar-refractivity contribution in [1.29, 1.82) is 0 Å². The Bertz CT molecular complexity index is 440. The second kappa shape index (κ2) is 5.53. The van der Waals surface area contributed by atoms with E-state index < -0.39 is 0 Å². The number of nitrogens with two attached hydrogens (primary N) is 1. The Hall–Kier alpha value is -1.35. The lowest BCUT2D eigenvalue weighted by Crippen LogP contribution is -2.55. The van der Waals surface area contributed by atoms with Gasteiger partial charge < -0.3 is 11.1 Å². The number of carbonyl (C=O) groups is 1. The maximum absolute atomic E-state index is 12.3. The predicted octanol–water partition coefficient (Wildman–Crippen LogP) is 2.41. The van der Waals surface area contributed by atoms with Crippen molar-refractivity contribution in [3.63, 3.8) is 0 Å². The van der Waals surface area contributed by atoms with E-state index in [2.05, 4.69) is 19.2 Å². The Morgan fingerprint density at radius 2 is 2.00 bits per heavy atom. The van der Waals surface area contributed by atoms with E-state index in [1.165, 1.54) is 0 Å². The van der Waals surface area contributed by atoms with E-state index in [4.69, 9.17) is 5.73 Å². The maximum atomic E-state index is 12.3.